The smallest absolute Gasteiger partial charge is 0.336 e. The molecule has 1 N–H and O–H groups in total. The zero-order valence-corrected chi connectivity index (χ0v) is 13.3. The van der Waals surface area contributed by atoms with E-state index in [2.05, 4.69) is 10.3 Å². The Morgan fingerprint density at radius 2 is 2.22 bits per heavy atom. The molecule has 7 heteroatoms. The summed E-state index contributed by atoms with van der Waals surface area (Å²) < 4.78 is 10.8. The van der Waals surface area contributed by atoms with Gasteiger partial charge in [-0.05, 0) is 31.5 Å². The Morgan fingerprint density at radius 3 is 2.96 bits per heavy atom. The molecule has 0 fully saturated rings. The van der Waals surface area contributed by atoms with Crippen LogP contribution in [-0.2, 0) is 4.79 Å². The normalized spacial score (nSPS) is 12.1. The molecule has 23 heavy (non-hydrogen) atoms. The van der Waals surface area contributed by atoms with Crippen LogP contribution in [0.3, 0.4) is 0 Å². The van der Waals surface area contributed by atoms with Gasteiger partial charge in [-0.2, -0.15) is 0 Å². The second kappa shape index (κ2) is 6.21. The van der Waals surface area contributed by atoms with Crippen molar-refractivity contribution in [3.8, 4) is 5.75 Å². The van der Waals surface area contributed by atoms with Crippen molar-refractivity contribution in [2.24, 2.45) is 0 Å². The number of hydrogen-bond donors (Lipinski definition) is 1. The maximum Gasteiger partial charge on any atom is 0.336 e. The summed E-state index contributed by atoms with van der Waals surface area (Å²) in [7, 11) is 0. The number of carbonyl (C=O) groups excluding carboxylic acids is 1. The van der Waals surface area contributed by atoms with Crippen LogP contribution in [0.2, 0.25) is 0 Å². The number of ether oxygens (including phenoxy) is 1. The summed E-state index contributed by atoms with van der Waals surface area (Å²) in [5.41, 5.74) is 0.846. The van der Waals surface area contributed by atoms with E-state index in [1.54, 1.807) is 36.7 Å². The van der Waals surface area contributed by atoms with E-state index in [1.165, 1.54) is 17.4 Å². The highest BCUT2D eigenvalue weighted by atomic mass is 32.1. The lowest BCUT2D eigenvalue weighted by Gasteiger charge is -2.14. The van der Waals surface area contributed by atoms with Gasteiger partial charge in [0, 0.05) is 29.1 Å². The first-order valence-corrected chi connectivity index (χ1v) is 7.82. The van der Waals surface area contributed by atoms with E-state index in [9.17, 15) is 9.59 Å². The van der Waals surface area contributed by atoms with Crippen LogP contribution in [0.15, 0.2) is 45.1 Å². The average molecular weight is 330 g/mol. The van der Waals surface area contributed by atoms with E-state index in [0.717, 1.165) is 10.9 Å². The predicted molar refractivity (Wildman–Crippen MR) is 88.1 cm³/mol. The number of nitrogens with zero attached hydrogens (tertiary/aromatic N) is 1. The van der Waals surface area contributed by atoms with Gasteiger partial charge in [-0.3, -0.25) is 10.1 Å². The van der Waals surface area contributed by atoms with Crippen molar-refractivity contribution in [1.29, 1.82) is 0 Å². The zero-order chi connectivity index (χ0) is 16.4. The number of aromatic nitrogens is 1. The van der Waals surface area contributed by atoms with Gasteiger partial charge in [-0.15, -0.1) is 11.3 Å². The minimum Gasteiger partial charge on any atom is -0.481 e. The summed E-state index contributed by atoms with van der Waals surface area (Å²) in [5, 5.41) is 5.79. The first-order chi connectivity index (χ1) is 11.0. The zero-order valence-electron chi connectivity index (χ0n) is 12.5. The van der Waals surface area contributed by atoms with Gasteiger partial charge >= 0.3 is 5.63 Å². The molecule has 0 aliphatic rings. The molecule has 3 aromatic rings. The Morgan fingerprint density at radius 1 is 1.39 bits per heavy atom. The number of rotatable bonds is 4. The molecule has 118 valence electrons. The molecule has 2 heterocycles. The molecule has 1 amide bonds. The van der Waals surface area contributed by atoms with Crippen molar-refractivity contribution >= 4 is 33.3 Å². The van der Waals surface area contributed by atoms with Gasteiger partial charge in [0.25, 0.3) is 5.91 Å². The summed E-state index contributed by atoms with van der Waals surface area (Å²) in [6, 6.07) is 6.58. The minimum absolute atomic E-state index is 0.300. The van der Waals surface area contributed by atoms with Gasteiger partial charge in [-0.25, -0.2) is 9.78 Å². The number of nitrogens with one attached hydrogen (secondary N) is 1. The van der Waals surface area contributed by atoms with Crippen molar-refractivity contribution in [3.05, 3.63) is 51.8 Å². The SMILES string of the molecule is Cc1cc(=O)oc2cc(O[C@H](C)C(=O)Nc3nccs3)ccc12. The lowest BCUT2D eigenvalue weighted by atomic mass is 10.1. The Bertz CT molecular complexity index is 902. The summed E-state index contributed by atoms with van der Waals surface area (Å²) in [6.07, 6.45) is 0.896. The molecule has 6 nitrogen and oxygen atoms in total. The standard InChI is InChI=1S/C16H14N2O4S/c1-9-7-14(19)22-13-8-11(3-4-12(9)13)21-10(2)15(20)18-16-17-5-6-23-16/h3-8,10H,1-2H3,(H,17,18,20)/t10-/m1/s1. The van der Waals surface area contributed by atoms with Crippen molar-refractivity contribution < 1.29 is 13.9 Å². The number of amides is 1. The van der Waals surface area contributed by atoms with Crippen molar-refractivity contribution in [1.82, 2.24) is 4.98 Å². The van der Waals surface area contributed by atoms with Crippen LogP contribution >= 0.6 is 11.3 Å². The van der Waals surface area contributed by atoms with E-state index >= 15 is 0 Å². The number of anilines is 1. The molecule has 2 aromatic heterocycles. The molecule has 3 rings (SSSR count). The van der Waals surface area contributed by atoms with Crippen LogP contribution in [0.25, 0.3) is 11.0 Å². The van der Waals surface area contributed by atoms with Crippen LogP contribution < -0.4 is 15.7 Å². The van der Waals surface area contributed by atoms with E-state index in [1.807, 2.05) is 6.92 Å². The van der Waals surface area contributed by atoms with Crippen molar-refractivity contribution in [2.45, 2.75) is 20.0 Å². The van der Waals surface area contributed by atoms with E-state index in [4.69, 9.17) is 9.15 Å². The Labute approximate surface area is 135 Å². The lowest BCUT2D eigenvalue weighted by Crippen LogP contribution is -2.30. The maximum absolute atomic E-state index is 12.0. The van der Waals surface area contributed by atoms with Gasteiger partial charge in [-0.1, -0.05) is 0 Å². The fraction of sp³-hybridized carbons (Fsp3) is 0.188. The molecule has 0 spiro atoms. The number of benzene rings is 1. The third-order valence-electron chi connectivity index (χ3n) is 3.27. The molecule has 0 bridgehead atoms. The summed E-state index contributed by atoms with van der Waals surface area (Å²) in [6.45, 7) is 3.48. The van der Waals surface area contributed by atoms with Crippen LogP contribution in [0.5, 0.6) is 5.75 Å². The highest BCUT2D eigenvalue weighted by molar-refractivity contribution is 7.13. The topological polar surface area (TPSA) is 81.4 Å². The van der Waals surface area contributed by atoms with Crippen LogP contribution in [0.1, 0.15) is 12.5 Å². The third-order valence-corrected chi connectivity index (χ3v) is 3.96. The van der Waals surface area contributed by atoms with Crippen molar-refractivity contribution in [2.75, 3.05) is 5.32 Å². The lowest BCUT2D eigenvalue weighted by molar-refractivity contribution is -0.122. The van der Waals surface area contributed by atoms with Crippen LogP contribution in [-0.4, -0.2) is 17.0 Å². The first kappa shape index (κ1) is 15.2. The van der Waals surface area contributed by atoms with Crippen LogP contribution in [0, 0.1) is 6.92 Å². The molecule has 1 aromatic carbocycles. The van der Waals surface area contributed by atoms with Gasteiger partial charge in [0.15, 0.2) is 11.2 Å². The number of hydrogen-bond acceptors (Lipinski definition) is 6. The number of fused-ring (bicyclic) bond motifs is 1. The van der Waals surface area contributed by atoms with E-state index < -0.39 is 11.7 Å². The Kier molecular flexibility index (Phi) is 4.12. The summed E-state index contributed by atoms with van der Waals surface area (Å²) in [4.78, 5) is 27.5. The minimum atomic E-state index is -0.715. The first-order valence-electron chi connectivity index (χ1n) is 6.94. The predicted octanol–water partition coefficient (Wildman–Crippen LogP) is 2.96. The molecule has 1 atom stereocenters. The van der Waals surface area contributed by atoms with Crippen molar-refractivity contribution in [3.63, 3.8) is 0 Å². The van der Waals surface area contributed by atoms with Crippen LogP contribution in [0.4, 0.5) is 5.13 Å². The third kappa shape index (κ3) is 3.40. The molecule has 0 radical (unpaired) electrons. The average Bonchev–Trinajstić information content (AvgIpc) is 2.99. The molecule has 0 aliphatic heterocycles. The Balaban J connectivity index is 1.78. The highest BCUT2D eigenvalue weighted by Crippen LogP contribution is 2.23. The number of thiazole rings is 1. The van der Waals surface area contributed by atoms with Gasteiger partial charge in [0.05, 0.1) is 0 Å². The highest BCUT2D eigenvalue weighted by Gasteiger charge is 2.16. The second-order valence-electron chi connectivity index (χ2n) is 4.99. The fourth-order valence-corrected chi connectivity index (χ4v) is 2.66. The fourth-order valence-electron chi connectivity index (χ4n) is 2.13. The maximum atomic E-state index is 12.0. The monoisotopic (exact) mass is 330 g/mol. The molecular formula is C16H14N2O4S. The summed E-state index contributed by atoms with van der Waals surface area (Å²) in [5.74, 6) is 0.152. The molecular weight excluding hydrogens is 316 g/mol. The quantitative estimate of drug-likeness (QED) is 0.744. The van der Waals surface area contributed by atoms with E-state index in [0.29, 0.717) is 16.5 Å². The molecule has 0 saturated heterocycles. The second-order valence-corrected chi connectivity index (χ2v) is 5.89. The van der Waals surface area contributed by atoms with Gasteiger partial charge in [0.2, 0.25) is 0 Å². The van der Waals surface area contributed by atoms with E-state index in [-0.39, 0.29) is 5.91 Å². The van der Waals surface area contributed by atoms with Gasteiger partial charge < -0.3 is 9.15 Å². The Hall–Kier alpha value is -2.67. The number of aryl methyl sites for hydroxylation is 1. The molecule has 0 saturated carbocycles. The molecule has 0 unspecified atom stereocenters. The number of carbonyl (C=O) groups is 1. The largest absolute Gasteiger partial charge is 0.481 e. The van der Waals surface area contributed by atoms with Gasteiger partial charge in [0.1, 0.15) is 11.3 Å². The summed E-state index contributed by atoms with van der Waals surface area (Å²) >= 11 is 1.33. The molecule has 0 aliphatic carbocycles.